The summed E-state index contributed by atoms with van der Waals surface area (Å²) < 4.78 is 1.05. The Kier molecular flexibility index (Phi) is 3.70. The van der Waals surface area contributed by atoms with Crippen LogP contribution in [0.1, 0.15) is 12.0 Å². The number of hydrogen-bond donors (Lipinski definition) is 2. The predicted molar refractivity (Wildman–Crippen MR) is 91.5 cm³/mol. The molecule has 0 amide bonds. The highest BCUT2D eigenvalue weighted by Crippen LogP contribution is 2.39. The van der Waals surface area contributed by atoms with Gasteiger partial charge in [-0.1, -0.05) is 70.5 Å². The molecular formula is C18H17BrN2. The van der Waals surface area contributed by atoms with E-state index < -0.39 is 5.54 Å². The molecule has 106 valence electrons. The molecule has 1 unspecified atom stereocenters. The lowest BCUT2D eigenvalue weighted by Crippen LogP contribution is -2.36. The van der Waals surface area contributed by atoms with Crippen LogP contribution in [-0.4, -0.2) is 0 Å². The summed E-state index contributed by atoms with van der Waals surface area (Å²) in [4.78, 5) is 0. The second-order valence-electron chi connectivity index (χ2n) is 5.31. The molecule has 0 aliphatic heterocycles. The Morgan fingerprint density at radius 2 is 1.76 bits per heavy atom. The van der Waals surface area contributed by atoms with Gasteiger partial charge in [-0.15, -0.1) is 0 Å². The molecule has 1 aliphatic rings. The Labute approximate surface area is 133 Å². The van der Waals surface area contributed by atoms with Gasteiger partial charge in [0.15, 0.2) is 0 Å². The molecule has 3 rings (SSSR count). The molecular weight excluding hydrogens is 324 g/mol. The number of benzene rings is 2. The van der Waals surface area contributed by atoms with Crippen molar-refractivity contribution in [2.75, 3.05) is 0 Å². The van der Waals surface area contributed by atoms with Gasteiger partial charge in [0.25, 0.3) is 0 Å². The summed E-state index contributed by atoms with van der Waals surface area (Å²) in [5, 5.41) is 0. The topological polar surface area (TPSA) is 52.0 Å². The van der Waals surface area contributed by atoms with Crippen LogP contribution in [0.5, 0.6) is 0 Å². The molecule has 2 aromatic rings. The Bertz CT molecular complexity index is 719. The van der Waals surface area contributed by atoms with Crippen LogP contribution in [0.2, 0.25) is 0 Å². The molecule has 3 heteroatoms. The highest BCUT2D eigenvalue weighted by molar-refractivity contribution is 9.10. The van der Waals surface area contributed by atoms with Gasteiger partial charge in [0, 0.05) is 15.7 Å². The third kappa shape index (κ3) is 2.67. The SMILES string of the molecule is NC1=CCC(N)(c2cccc(Br)c2-c2ccccc2)C=C1. The molecule has 1 atom stereocenters. The number of hydrogen-bond acceptors (Lipinski definition) is 2. The van der Waals surface area contributed by atoms with E-state index in [4.69, 9.17) is 11.5 Å². The molecule has 2 nitrogen and oxygen atoms in total. The van der Waals surface area contributed by atoms with Gasteiger partial charge in [-0.2, -0.15) is 0 Å². The van der Waals surface area contributed by atoms with E-state index in [9.17, 15) is 0 Å². The van der Waals surface area contributed by atoms with Crippen LogP contribution in [0, 0.1) is 0 Å². The number of halogens is 1. The molecule has 0 radical (unpaired) electrons. The van der Waals surface area contributed by atoms with Gasteiger partial charge in [-0.25, -0.2) is 0 Å². The van der Waals surface area contributed by atoms with Crippen LogP contribution in [0.4, 0.5) is 0 Å². The van der Waals surface area contributed by atoms with Crippen LogP contribution in [-0.2, 0) is 5.54 Å². The Balaban J connectivity index is 2.17. The lowest BCUT2D eigenvalue weighted by Gasteiger charge is -2.30. The predicted octanol–water partition coefficient (Wildman–Crippen LogP) is 4.07. The van der Waals surface area contributed by atoms with E-state index in [1.54, 1.807) is 0 Å². The third-order valence-electron chi connectivity index (χ3n) is 3.83. The average molecular weight is 341 g/mol. The van der Waals surface area contributed by atoms with E-state index >= 15 is 0 Å². The molecule has 1 aliphatic carbocycles. The fourth-order valence-electron chi connectivity index (χ4n) is 2.68. The molecule has 21 heavy (non-hydrogen) atoms. The average Bonchev–Trinajstić information content (AvgIpc) is 2.51. The lowest BCUT2D eigenvalue weighted by atomic mass is 9.80. The maximum atomic E-state index is 6.64. The van der Waals surface area contributed by atoms with Crippen molar-refractivity contribution < 1.29 is 0 Å². The zero-order chi connectivity index (χ0) is 14.9. The molecule has 0 saturated carbocycles. The summed E-state index contributed by atoms with van der Waals surface area (Å²) in [5.41, 5.74) is 16.1. The molecule has 0 heterocycles. The maximum absolute atomic E-state index is 6.64. The summed E-state index contributed by atoms with van der Waals surface area (Å²) in [6.45, 7) is 0. The normalized spacial score (nSPS) is 21.1. The second kappa shape index (κ2) is 5.51. The highest BCUT2D eigenvalue weighted by Gasteiger charge is 2.29. The fourth-order valence-corrected chi connectivity index (χ4v) is 3.27. The van der Waals surface area contributed by atoms with Crippen molar-refractivity contribution in [3.05, 3.63) is 82.5 Å². The minimum atomic E-state index is -0.530. The van der Waals surface area contributed by atoms with Crippen LogP contribution in [0.15, 0.2) is 76.9 Å². The van der Waals surface area contributed by atoms with Crippen molar-refractivity contribution in [3.63, 3.8) is 0 Å². The van der Waals surface area contributed by atoms with Gasteiger partial charge < -0.3 is 11.5 Å². The number of nitrogens with two attached hydrogens (primary N) is 2. The Morgan fingerprint density at radius 3 is 2.43 bits per heavy atom. The summed E-state index contributed by atoms with van der Waals surface area (Å²) in [7, 11) is 0. The zero-order valence-corrected chi connectivity index (χ0v) is 13.2. The fraction of sp³-hybridized carbons (Fsp3) is 0.111. The van der Waals surface area contributed by atoms with Gasteiger partial charge in [0.2, 0.25) is 0 Å². The van der Waals surface area contributed by atoms with E-state index in [1.807, 2.05) is 48.6 Å². The molecule has 0 saturated heterocycles. The van der Waals surface area contributed by atoms with Crippen molar-refractivity contribution in [1.82, 2.24) is 0 Å². The third-order valence-corrected chi connectivity index (χ3v) is 4.49. The van der Waals surface area contributed by atoms with Gasteiger partial charge in [0.05, 0.1) is 5.54 Å². The lowest BCUT2D eigenvalue weighted by molar-refractivity contribution is 0.563. The minimum Gasteiger partial charge on any atom is -0.399 e. The largest absolute Gasteiger partial charge is 0.399 e. The maximum Gasteiger partial charge on any atom is 0.0641 e. The van der Waals surface area contributed by atoms with Crippen LogP contribution in [0.25, 0.3) is 11.1 Å². The van der Waals surface area contributed by atoms with E-state index in [0.717, 1.165) is 26.9 Å². The standard InChI is InChI=1S/C18H17BrN2/c19-16-8-4-7-15(17(16)13-5-2-1-3-6-13)18(21)11-9-14(20)10-12-18/h1-11H,12,20-21H2. The van der Waals surface area contributed by atoms with Crippen molar-refractivity contribution in [2.24, 2.45) is 11.5 Å². The van der Waals surface area contributed by atoms with Crippen LogP contribution >= 0.6 is 15.9 Å². The Morgan fingerprint density at radius 1 is 1.00 bits per heavy atom. The zero-order valence-electron chi connectivity index (χ0n) is 11.6. The van der Waals surface area contributed by atoms with Crippen molar-refractivity contribution in [1.29, 1.82) is 0 Å². The van der Waals surface area contributed by atoms with Crippen molar-refractivity contribution in [2.45, 2.75) is 12.0 Å². The smallest absolute Gasteiger partial charge is 0.0641 e. The summed E-state index contributed by atoms with van der Waals surface area (Å²) >= 11 is 3.67. The number of allylic oxidation sites excluding steroid dienone is 1. The molecule has 0 spiro atoms. The first kappa shape index (κ1) is 14.1. The minimum absolute atomic E-state index is 0.530. The van der Waals surface area contributed by atoms with Crippen molar-refractivity contribution in [3.8, 4) is 11.1 Å². The highest BCUT2D eigenvalue weighted by atomic mass is 79.9. The summed E-state index contributed by atoms with van der Waals surface area (Å²) in [6, 6.07) is 16.5. The van der Waals surface area contributed by atoms with Gasteiger partial charge in [-0.05, 0) is 29.7 Å². The van der Waals surface area contributed by atoms with Crippen molar-refractivity contribution >= 4 is 15.9 Å². The molecule has 2 aromatic carbocycles. The number of rotatable bonds is 2. The molecule has 4 N–H and O–H groups in total. The monoisotopic (exact) mass is 340 g/mol. The van der Waals surface area contributed by atoms with E-state index in [1.165, 1.54) is 0 Å². The van der Waals surface area contributed by atoms with Gasteiger partial charge in [0.1, 0.15) is 0 Å². The molecule has 0 aromatic heterocycles. The summed E-state index contributed by atoms with van der Waals surface area (Å²) in [6.07, 6.45) is 6.57. The summed E-state index contributed by atoms with van der Waals surface area (Å²) in [5.74, 6) is 0. The first-order valence-corrected chi connectivity index (χ1v) is 7.68. The molecule has 0 fully saturated rings. The van der Waals surface area contributed by atoms with Gasteiger partial charge >= 0.3 is 0 Å². The first-order chi connectivity index (χ1) is 10.1. The first-order valence-electron chi connectivity index (χ1n) is 6.88. The van der Waals surface area contributed by atoms with Crippen LogP contribution < -0.4 is 11.5 Å². The van der Waals surface area contributed by atoms with E-state index in [-0.39, 0.29) is 0 Å². The van der Waals surface area contributed by atoms with Crippen LogP contribution in [0.3, 0.4) is 0 Å². The Hall–Kier alpha value is -1.84. The molecule has 0 bridgehead atoms. The van der Waals surface area contributed by atoms with E-state index in [2.05, 4.69) is 34.1 Å². The quantitative estimate of drug-likeness (QED) is 0.865. The second-order valence-corrected chi connectivity index (χ2v) is 6.16. The van der Waals surface area contributed by atoms with Gasteiger partial charge in [-0.3, -0.25) is 0 Å². The van der Waals surface area contributed by atoms with E-state index in [0.29, 0.717) is 6.42 Å².